The van der Waals surface area contributed by atoms with Crippen LogP contribution >= 0.6 is 0 Å². The number of carboxylic acid groups (broad SMARTS) is 1. The summed E-state index contributed by atoms with van der Waals surface area (Å²) < 4.78 is 29.1. The quantitative estimate of drug-likeness (QED) is 0.528. The molecule has 0 saturated carbocycles. The molecule has 1 aliphatic heterocycles. The molecule has 3 aromatic carbocycles. The molecule has 172 valence electrons. The van der Waals surface area contributed by atoms with Crippen molar-refractivity contribution in [2.75, 3.05) is 18.4 Å². The van der Waals surface area contributed by atoms with Crippen LogP contribution in [0.1, 0.15) is 28.8 Å². The van der Waals surface area contributed by atoms with Crippen molar-refractivity contribution in [2.45, 2.75) is 30.7 Å². The van der Waals surface area contributed by atoms with Gasteiger partial charge in [-0.25, -0.2) is 17.9 Å². The van der Waals surface area contributed by atoms with Gasteiger partial charge in [-0.3, -0.25) is 4.79 Å². The van der Waals surface area contributed by atoms with E-state index in [0.29, 0.717) is 34.9 Å². The minimum Gasteiger partial charge on any atom is -0.465 e. The Labute approximate surface area is 192 Å². The zero-order valence-electron chi connectivity index (χ0n) is 18.1. The molecule has 3 N–H and O–H groups in total. The molecule has 2 amide bonds. The van der Waals surface area contributed by atoms with Gasteiger partial charge in [0.25, 0.3) is 5.91 Å². The summed E-state index contributed by atoms with van der Waals surface area (Å²) in [5.74, 6) is -0.267. The second-order valence-corrected chi connectivity index (χ2v) is 9.77. The second-order valence-electron chi connectivity index (χ2n) is 8.09. The highest BCUT2D eigenvalue weighted by Crippen LogP contribution is 2.30. The number of carbonyl (C=O) groups is 2. The minimum absolute atomic E-state index is 0.118. The fraction of sp³-hybridized carbons (Fsp3) is 0.250. The lowest BCUT2D eigenvalue weighted by Gasteiger charge is -2.30. The van der Waals surface area contributed by atoms with E-state index in [9.17, 15) is 18.0 Å². The number of rotatable bonds is 5. The average Bonchev–Trinajstić information content (AvgIpc) is 2.79. The number of sulfonamides is 1. The Hall–Kier alpha value is -3.43. The van der Waals surface area contributed by atoms with Crippen molar-refractivity contribution < 1.29 is 23.1 Å². The number of likely N-dealkylation sites (tertiary alicyclic amines) is 1. The molecule has 3 aromatic rings. The SMILES string of the molecule is Cc1ccccc1C(=O)Nc1ccc(S(=O)(=O)NC2CCN(C(=O)O)CC2)c2ccccc12. The lowest BCUT2D eigenvalue weighted by molar-refractivity contribution is 0.102. The normalized spacial score (nSPS) is 14.9. The van der Waals surface area contributed by atoms with Crippen LogP contribution in [0.5, 0.6) is 0 Å². The molecule has 0 atom stereocenters. The van der Waals surface area contributed by atoms with Crippen molar-refractivity contribution in [3.63, 3.8) is 0 Å². The first-order valence-corrected chi connectivity index (χ1v) is 12.1. The van der Waals surface area contributed by atoms with Crippen LogP contribution in [0.15, 0.2) is 65.6 Å². The van der Waals surface area contributed by atoms with E-state index in [-0.39, 0.29) is 29.9 Å². The topological polar surface area (TPSA) is 116 Å². The number of fused-ring (bicyclic) bond motifs is 1. The van der Waals surface area contributed by atoms with E-state index < -0.39 is 16.1 Å². The summed E-state index contributed by atoms with van der Waals surface area (Å²) in [6, 6.07) is 17.0. The Kier molecular flexibility index (Phi) is 6.35. The van der Waals surface area contributed by atoms with Crippen molar-refractivity contribution in [2.24, 2.45) is 0 Å². The predicted molar refractivity (Wildman–Crippen MR) is 126 cm³/mol. The van der Waals surface area contributed by atoms with Crippen LogP contribution in [0.25, 0.3) is 10.8 Å². The Morgan fingerprint density at radius 1 is 0.939 bits per heavy atom. The van der Waals surface area contributed by atoms with E-state index in [1.165, 1.54) is 11.0 Å². The van der Waals surface area contributed by atoms with Crippen molar-refractivity contribution in [1.29, 1.82) is 0 Å². The molecule has 0 aromatic heterocycles. The highest BCUT2D eigenvalue weighted by atomic mass is 32.2. The maximum Gasteiger partial charge on any atom is 0.407 e. The molecule has 0 radical (unpaired) electrons. The van der Waals surface area contributed by atoms with Crippen LogP contribution in [0.4, 0.5) is 10.5 Å². The Balaban J connectivity index is 1.60. The minimum atomic E-state index is -3.86. The highest BCUT2D eigenvalue weighted by Gasteiger charge is 2.27. The van der Waals surface area contributed by atoms with Gasteiger partial charge in [-0.05, 0) is 43.5 Å². The highest BCUT2D eigenvalue weighted by molar-refractivity contribution is 7.89. The maximum absolute atomic E-state index is 13.2. The number of carbonyl (C=O) groups excluding carboxylic acids is 1. The number of amides is 2. The third-order valence-corrected chi connectivity index (χ3v) is 7.48. The third-order valence-electron chi connectivity index (χ3n) is 5.90. The maximum atomic E-state index is 13.2. The monoisotopic (exact) mass is 467 g/mol. The predicted octanol–water partition coefficient (Wildman–Crippen LogP) is 3.82. The largest absolute Gasteiger partial charge is 0.465 e. The van der Waals surface area contributed by atoms with Gasteiger partial charge in [-0.2, -0.15) is 0 Å². The number of aryl methyl sites for hydroxylation is 1. The summed E-state index contributed by atoms with van der Waals surface area (Å²) in [6.07, 6.45) is -0.173. The number of hydrogen-bond donors (Lipinski definition) is 3. The number of anilines is 1. The second kappa shape index (κ2) is 9.21. The van der Waals surface area contributed by atoms with E-state index in [4.69, 9.17) is 5.11 Å². The van der Waals surface area contributed by atoms with Crippen LogP contribution in [0.3, 0.4) is 0 Å². The molecule has 1 aliphatic rings. The Bertz CT molecular complexity index is 1310. The standard InChI is InChI=1S/C24H25N3O5S/c1-16-6-2-3-7-18(16)23(28)25-21-10-11-22(20-9-5-4-8-19(20)21)33(31,32)26-17-12-14-27(15-13-17)24(29)30/h2-11,17,26H,12-15H2,1H3,(H,25,28)(H,29,30). The summed E-state index contributed by atoms with van der Waals surface area (Å²) in [7, 11) is -3.86. The summed E-state index contributed by atoms with van der Waals surface area (Å²) in [6.45, 7) is 2.43. The molecular weight excluding hydrogens is 442 g/mol. The number of benzene rings is 3. The molecule has 1 heterocycles. The molecule has 8 nitrogen and oxygen atoms in total. The molecule has 0 unspecified atom stereocenters. The first-order chi connectivity index (χ1) is 15.8. The fourth-order valence-electron chi connectivity index (χ4n) is 4.10. The number of nitrogens with one attached hydrogen (secondary N) is 2. The first-order valence-electron chi connectivity index (χ1n) is 10.7. The van der Waals surface area contributed by atoms with Crippen molar-refractivity contribution >= 4 is 38.5 Å². The van der Waals surface area contributed by atoms with Gasteiger partial charge >= 0.3 is 6.09 Å². The number of hydrogen-bond acceptors (Lipinski definition) is 4. The number of nitrogens with zero attached hydrogens (tertiary/aromatic N) is 1. The van der Waals surface area contributed by atoms with Gasteiger partial charge in [-0.1, -0.05) is 42.5 Å². The molecule has 1 fully saturated rings. The zero-order chi connectivity index (χ0) is 23.6. The van der Waals surface area contributed by atoms with E-state index in [1.54, 1.807) is 42.5 Å². The molecule has 0 bridgehead atoms. The molecule has 33 heavy (non-hydrogen) atoms. The zero-order valence-corrected chi connectivity index (χ0v) is 18.9. The molecular formula is C24H25N3O5S. The summed E-state index contributed by atoms with van der Waals surface area (Å²) >= 11 is 0. The van der Waals surface area contributed by atoms with E-state index in [2.05, 4.69) is 10.0 Å². The molecule has 1 saturated heterocycles. The number of piperidine rings is 1. The van der Waals surface area contributed by atoms with E-state index in [0.717, 1.165) is 5.56 Å². The Morgan fingerprint density at radius 2 is 1.58 bits per heavy atom. The van der Waals surface area contributed by atoms with Crippen LogP contribution < -0.4 is 10.0 Å². The lowest BCUT2D eigenvalue weighted by Crippen LogP contribution is -2.46. The van der Waals surface area contributed by atoms with Gasteiger partial charge in [0.2, 0.25) is 10.0 Å². The van der Waals surface area contributed by atoms with Crippen molar-refractivity contribution in [1.82, 2.24) is 9.62 Å². The molecule has 9 heteroatoms. The van der Waals surface area contributed by atoms with Crippen LogP contribution in [-0.2, 0) is 10.0 Å². The first kappa shape index (κ1) is 22.8. The Morgan fingerprint density at radius 3 is 2.24 bits per heavy atom. The van der Waals surface area contributed by atoms with Crippen LogP contribution in [0, 0.1) is 6.92 Å². The van der Waals surface area contributed by atoms with Gasteiger partial charge in [0, 0.05) is 41.2 Å². The fourth-order valence-corrected chi connectivity index (χ4v) is 5.62. The van der Waals surface area contributed by atoms with Crippen LogP contribution in [0.2, 0.25) is 0 Å². The van der Waals surface area contributed by atoms with E-state index in [1.807, 2.05) is 19.1 Å². The molecule has 0 aliphatic carbocycles. The van der Waals surface area contributed by atoms with Crippen LogP contribution in [-0.4, -0.2) is 49.6 Å². The summed E-state index contributed by atoms with van der Waals surface area (Å²) in [5, 5.41) is 13.1. The van der Waals surface area contributed by atoms with Crippen molar-refractivity contribution in [3.8, 4) is 0 Å². The van der Waals surface area contributed by atoms with Gasteiger partial charge in [0.05, 0.1) is 4.90 Å². The third kappa shape index (κ3) is 4.84. The summed E-state index contributed by atoms with van der Waals surface area (Å²) in [5.41, 5.74) is 1.91. The molecule has 0 spiro atoms. The smallest absolute Gasteiger partial charge is 0.407 e. The van der Waals surface area contributed by atoms with Crippen molar-refractivity contribution in [3.05, 3.63) is 71.8 Å². The lowest BCUT2D eigenvalue weighted by atomic mass is 10.1. The van der Waals surface area contributed by atoms with Gasteiger partial charge in [-0.15, -0.1) is 0 Å². The van der Waals surface area contributed by atoms with Gasteiger partial charge in [0.1, 0.15) is 0 Å². The average molecular weight is 468 g/mol. The van der Waals surface area contributed by atoms with Gasteiger partial charge in [0.15, 0.2) is 0 Å². The summed E-state index contributed by atoms with van der Waals surface area (Å²) in [4.78, 5) is 25.3. The van der Waals surface area contributed by atoms with Gasteiger partial charge < -0.3 is 15.3 Å². The van der Waals surface area contributed by atoms with E-state index >= 15 is 0 Å². The molecule has 4 rings (SSSR count).